The molecule has 2 aliphatic rings. The Morgan fingerprint density at radius 3 is 2.35 bits per heavy atom. The van der Waals surface area contributed by atoms with Gasteiger partial charge in [0.05, 0.1) is 18.7 Å². The highest BCUT2D eigenvalue weighted by atomic mass is 19.1. The van der Waals surface area contributed by atoms with Crippen LogP contribution in [0.15, 0.2) is 72.8 Å². The lowest BCUT2D eigenvalue weighted by Crippen LogP contribution is -2.73. The first-order valence-corrected chi connectivity index (χ1v) is 11.0. The van der Waals surface area contributed by atoms with E-state index in [0.717, 1.165) is 16.7 Å². The topological polar surface area (TPSA) is 72.9 Å². The molecule has 0 aromatic heterocycles. The van der Waals surface area contributed by atoms with Crippen LogP contribution in [0.1, 0.15) is 11.5 Å². The van der Waals surface area contributed by atoms with Gasteiger partial charge in [-0.2, -0.15) is 0 Å². The molecule has 6 nitrogen and oxygen atoms in total. The number of anilines is 1. The van der Waals surface area contributed by atoms with Gasteiger partial charge in [0, 0.05) is 18.2 Å². The molecule has 0 bridgehead atoms. The van der Waals surface area contributed by atoms with E-state index in [-0.39, 0.29) is 42.9 Å². The number of benzene rings is 3. The molecular weight excluding hydrogens is 440 g/mol. The zero-order valence-electron chi connectivity index (χ0n) is 18.2. The summed E-state index contributed by atoms with van der Waals surface area (Å²) < 4.78 is 27.0. The number of piperazine rings is 1. The van der Waals surface area contributed by atoms with Crippen molar-refractivity contribution in [3.63, 3.8) is 0 Å². The zero-order valence-corrected chi connectivity index (χ0v) is 18.2. The minimum Gasteiger partial charge on any atom is -0.394 e. The van der Waals surface area contributed by atoms with Gasteiger partial charge < -0.3 is 20.2 Å². The van der Waals surface area contributed by atoms with Crippen molar-refractivity contribution < 1.29 is 23.5 Å². The van der Waals surface area contributed by atoms with Crippen molar-refractivity contribution in [1.82, 2.24) is 9.80 Å². The minimum absolute atomic E-state index is 0.112. The van der Waals surface area contributed by atoms with Gasteiger partial charge in [0.15, 0.2) is 0 Å². The zero-order chi connectivity index (χ0) is 23.8. The van der Waals surface area contributed by atoms with Crippen molar-refractivity contribution in [3.05, 3.63) is 90.0 Å². The Kier molecular flexibility index (Phi) is 5.75. The van der Waals surface area contributed by atoms with Crippen LogP contribution in [0.4, 0.5) is 19.3 Å². The number of carbonyl (C=O) groups excluding carboxylic acids is 2. The molecule has 3 amide bonds. The third kappa shape index (κ3) is 4.01. The molecule has 8 heteroatoms. The van der Waals surface area contributed by atoms with Gasteiger partial charge in [0.1, 0.15) is 18.2 Å². The fourth-order valence-electron chi connectivity index (χ4n) is 4.99. The lowest BCUT2D eigenvalue weighted by Gasteiger charge is -2.58. The van der Waals surface area contributed by atoms with E-state index in [1.54, 1.807) is 17.0 Å². The predicted molar refractivity (Wildman–Crippen MR) is 123 cm³/mol. The van der Waals surface area contributed by atoms with Crippen molar-refractivity contribution in [3.8, 4) is 11.1 Å². The normalized spacial score (nSPS) is 21.6. The summed E-state index contributed by atoms with van der Waals surface area (Å²) in [5.74, 6) is -1.17. The second-order valence-corrected chi connectivity index (χ2v) is 8.60. The van der Waals surface area contributed by atoms with Gasteiger partial charge in [-0.05, 0) is 47.0 Å². The Balaban J connectivity index is 1.34. The molecule has 2 aliphatic heterocycles. The molecular formula is C26H23F2N3O3. The summed E-state index contributed by atoms with van der Waals surface area (Å²) in [7, 11) is 0. The third-order valence-electron chi connectivity index (χ3n) is 6.57. The van der Waals surface area contributed by atoms with Crippen LogP contribution in [-0.4, -0.2) is 58.6 Å². The maximum absolute atomic E-state index is 13.6. The maximum Gasteiger partial charge on any atom is 0.322 e. The third-order valence-corrected chi connectivity index (χ3v) is 6.57. The van der Waals surface area contributed by atoms with Crippen molar-refractivity contribution in [2.75, 3.05) is 25.0 Å². The van der Waals surface area contributed by atoms with E-state index >= 15 is 0 Å². The smallest absolute Gasteiger partial charge is 0.322 e. The largest absolute Gasteiger partial charge is 0.394 e. The molecule has 0 aliphatic carbocycles. The molecule has 3 aromatic carbocycles. The number of hydrogen-bond donors (Lipinski definition) is 2. The molecule has 174 valence electrons. The lowest BCUT2D eigenvalue weighted by atomic mass is 9.73. The molecule has 0 saturated carbocycles. The Hall–Kier alpha value is -3.78. The van der Waals surface area contributed by atoms with Gasteiger partial charge in [-0.3, -0.25) is 4.79 Å². The summed E-state index contributed by atoms with van der Waals surface area (Å²) >= 11 is 0. The molecule has 5 rings (SSSR count). The minimum atomic E-state index is -0.480. The maximum atomic E-state index is 13.6. The fraction of sp³-hybridized carbons (Fsp3) is 0.231. The van der Waals surface area contributed by atoms with Gasteiger partial charge in [0.2, 0.25) is 5.91 Å². The Labute approximate surface area is 195 Å². The van der Waals surface area contributed by atoms with E-state index in [0.29, 0.717) is 12.2 Å². The number of carbonyl (C=O) groups is 2. The summed E-state index contributed by atoms with van der Waals surface area (Å²) in [5.41, 5.74) is 2.86. The van der Waals surface area contributed by atoms with Gasteiger partial charge in [-0.15, -0.1) is 0 Å². The first kappa shape index (κ1) is 22.0. The van der Waals surface area contributed by atoms with Crippen molar-refractivity contribution in [1.29, 1.82) is 0 Å². The van der Waals surface area contributed by atoms with Crippen molar-refractivity contribution >= 4 is 17.6 Å². The summed E-state index contributed by atoms with van der Waals surface area (Å²) in [6, 6.07) is 18.4. The van der Waals surface area contributed by atoms with Crippen molar-refractivity contribution in [2.45, 2.75) is 18.0 Å². The molecule has 2 fully saturated rings. The number of nitrogens with zero attached hydrogens (tertiary/aromatic N) is 2. The Morgan fingerprint density at radius 2 is 1.68 bits per heavy atom. The highest BCUT2D eigenvalue weighted by Gasteiger charge is 2.54. The number of aliphatic hydroxyl groups is 1. The average molecular weight is 463 g/mol. The number of hydrogen-bond acceptors (Lipinski definition) is 3. The van der Waals surface area contributed by atoms with Gasteiger partial charge >= 0.3 is 6.03 Å². The van der Waals surface area contributed by atoms with E-state index in [9.17, 15) is 23.5 Å². The quantitative estimate of drug-likeness (QED) is 0.618. The second kappa shape index (κ2) is 8.87. The molecule has 3 aromatic rings. The number of urea groups is 1. The summed E-state index contributed by atoms with van der Waals surface area (Å²) in [6.07, 6.45) is 0. The van der Waals surface area contributed by atoms with E-state index in [2.05, 4.69) is 5.32 Å². The molecule has 34 heavy (non-hydrogen) atoms. The van der Waals surface area contributed by atoms with Crippen molar-refractivity contribution in [2.24, 2.45) is 0 Å². The highest BCUT2D eigenvalue weighted by molar-refractivity contribution is 5.93. The molecule has 2 saturated heterocycles. The lowest BCUT2D eigenvalue weighted by molar-refractivity contribution is -0.159. The van der Waals surface area contributed by atoms with Gasteiger partial charge in [0.25, 0.3) is 0 Å². The summed E-state index contributed by atoms with van der Waals surface area (Å²) in [4.78, 5) is 28.6. The van der Waals surface area contributed by atoms with Crippen LogP contribution in [0.5, 0.6) is 0 Å². The number of halogens is 2. The van der Waals surface area contributed by atoms with Crippen LogP contribution < -0.4 is 5.32 Å². The summed E-state index contributed by atoms with van der Waals surface area (Å²) in [5, 5.41) is 12.6. The molecule has 2 heterocycles. The Bertz CT molecular complexity index is 1230. The summed E-state index contributed by atoms with van der Waals surface area (Å²) in [6.45, 7) is -0.00682. The van der Waals surface area contributed by atoms with Gasteiger partial charge in [-0.25, -0.2) is 13.6 Å². The highest BCUT2D eigenvalue weighted by Crippen LogP contribution is 2.43. The molecule has 0 radical (unpaired) electrons. The first-order valence-electron chi connectivity index (χ1n) is 11.0. The standard InChI is InChI=1S/C26H23F2N3O3/c27-19-4-1-3-18(11-19)16-7-9-17(10-8-16)25-22-13-30(14-24(33)31(22)23(25)15-32)26(34)29-21-6-2-5-20(28)12-21/h1-12,22-23,25,32H,13-15H2,(H,29,34)/t22-,23+,25+/m1/s1. The number of fused-ring (bicyclic) bond motifs is 1. The Morgan fingerprint density at radius 1 is 0.971 bits per heavy atom. The molecule has 0 unspecified atom stereocenters. The monoisotopic (exact) mass is 463 g/mol. The van der Waals surface area contributed by atoms with E-state index < -0.39 is 11.8 Å². The van der Waals surface area contributed by atoms with E-state index in [1.807, 2.05) is 30.3 Å². The SMILES string of the molecule is O=C(Nc1cccc(F)c1)N1CC(=O)N2[C@H](C1)[C@H](c1ccc(-c3cccc(F)c3)cc1)[C@@H]2CO. The fourth-order valence-corrected chi connectivity index (χ4v) is 4.99. The second-order valence-electron chi connectivity index (χ2n) is 8.60. The van der Waals surface area contributed by atoms with Crippen LogP contribution >= 0.6 is 0 Å². The number of nitrogens with one attached hydrogen (secondary N) is 1. The predicted octanol–water partition coefficient (Wildman–Crippen LogP) is 3.83. The molecule has 0 spiro atoms. The first-order chi connectivity index (χ1) is 16.4. The average Bonchev–Trinajstić information content (AvgIpc) is 2.80. The molecule has 2 N–H and O–H groups in total. The van der Waals surface area contributed by atoms with Crippen LogP contribution in [0.25, 0.3) is 11.1 Å². The molecule has 3 atom stereocenters. The van der Waals surface area contributed by atoms with Crippen LogP contribution in [-0.2, 0) is 4.79 Å². The number of amides is 3. The van der Waals surface area contributed by atoms with E-state index in [1.165, 1.54) is 35.2 Å². The van der Waals surface area contributed by atoms with Crippen LogP contribution in [0, 0.1) is 11.6 Å². The van der Waals surface area contributed by atoms with Gasteiger partial charge in [-0.1, -0.05) is 42.5 Å². The van der Waals surface area contributed by atoms with Crippen LogP contribution in [0.3, 0.4) is 0 Å². The number of aliphatic hydroxyl groups excluding tert-OH is 1. The van der Waals surface area contributed by atoms with Crippen LogP contribution in [0.2, 0.25) is 0 Å². The number of rotatable bonds is 4. The van der Waals surface area contributed by atoms with E-state index in [4.69, 9.17) is 0 Å².